The van der Waals surface area contributed by atoms with E-state index in [2.05, 4.69) is 22.1 Å². The van der Waals surface area contributed by atoms with Crippen LogP contribution in [-0.4, -0.2) is 15.0 Å². The van der Waals surface area contributed by atoms with E-state index < -0.39 is 0 Å². The van der Waals surface area contributed by atoms with Crippen molar-refractivity contribution in [3.8, 4) is 33.0 Å². The molecule has 0 unspecified atom stereocenters. The van der Waals surface area contributed by atoms with E-state index in [9.17, 15) is 4.79 Å². The Morgan fingerprint density at radius 3 is 2.56 bits per heavy atom. The van der Waals surface area contributed by atoms with Crippen molar-refractivity contribution in [1.82, 2.24) is 15.0 Å². The van der Waals surface area contributed by atoms with Gasteiger partial charge in [0, 0.05) is 28.9 Å². The van der Waals surface area contributed by atoms with Gasteiger partial charge in [0.2, 0.25) is 0 Å². The minimum absolute atomic E-state index is 0.121. The molecule has 5 rings (SSSR count). The van der Waals surface area contributed by atoms with E-state index in [4.69, 9.17) is 4.98 Å². The number of pyridine rings is 1. The number of aromatic amines is 2. The number of nitrogens with one attached hydrogen (secondary N) is 2. The van der Waals surface area contributed by atoms with Crippen LogP contribution in [0.3, 0.4) is 0 Å². The third kappa shape index (κ3) is 2.78. The van der Waals surface area contributed by atoms with Crippen LogP contribution in [0.5, 0.6) is 0 Å². The third-order valence-corrected chi connectivity index (χ3v) is 5.48. The Morgan fingerprint density at radius 1 is 0.889 bits per heavy atom. The van der Waals surface area contributed by atoms with Crippen molar-refractivity contribution in [2.75, 3.05) is 0 Å². The van der Waals surface area contributed by atoms with Crippen LogP contribution < -0.4 is 5.56 Å². The number of benzene rings is 2. The molecule has 0 radical (unpaired) electrons. The Hall–Kier alpha value is -3.44. The molecule has 0 fully saturated rings. The summed E-state index contributed by atoms with van der Waals surface area (Å²) >= 11 is 1.55. The quantitative estimate of drug-likeness (QED) is 0.452. The highest BCUT2D eigenvalue weighted by molar-refractivity contribution is 7.13. The molecule has 130 valence electrons. The average molecular weight is 369 g/mol. The first-order valence-electron chi connectivity index (χ1n) is 8.60. The first-order valence-corrected chi connectivity index (χ1v) is 9.48. The summed E-state index contributed by atoms with van der Waals surface area (Å²) in [6.07, 6.45) is 3.88. The number of nitrogens with zero attached hydrogens (tertiary/aromatic N) is 1. The zero-order valence-corrected chi connectivity index (χ0v) is 15.1. The topological polar surface area (TPSA) is 61.5 Å². The lowest BCUT2D eigenvalue weighted by Crippen LogP contribution is -2.08. The lowest BCUT2D eigenvalue weighted by molar-refractivity contribution is 1.28. The molecule has 0 aliphatic rings. The van der Waals surface area contributed by atoms with Crippen molar-refractivity contribution in [2.24, 2.45) is 0 Å². The molecule has 0 spiro atoms. The van der Waals surface area contributed by atoms with E-state index >= 15 is 0 Å². The van der Waals surface area contributed by atoms with Gasteiger partial charge in [-0.25, -0.2) is 4.98 Å². The molecule has 2 N–H and O–H groups in total. The van der Waals surface area contributed by atoms with E-state index in [0.717, 1.165) is 32.6 Å². The molecule has 27 heavy (non-hydrogen) atoms. The van der Waals surface area contributed by atoms with Gasteiger partial charge in [-0.3, -0.25) is 4.79 Å². The second-order valence-electron chi connectivity index (χ2n) is 6.28. The lowest BCUT2D eigenvalue weighted by atomic mass is 10.0. The van der Waals surface area contributed by atoms with Crippen molar-refractivity contribution in [3.63, 3.8) is 0 Å². The molecule has 0 aliphatic carbocycles. The fourth-order valence-electron chi connectivity index (χ4n) is 3.27. The van der Waals surface area contributed by atoms with Crippen LogP contribution in [0.4, 0.5) is 0 Å². The zero-order valence-electron chi connectivity index (χ0n) is 14.3. The minimum atomic E-state index is -0.121. The van der Waals surface area contributed by atoms with Gasteiger partial charge >= 0.3 is 0 Å². The van der Waals surface area contributed by atoms with Crippen LogP contribution in [-0.2, 0) is 0 Å². The van der Waals surface area contributed by atoms with Crippen molar-refractivity contribution < 1.29 is 0 Å². The van der Waals surface area contributed by atoms with Gasteiger partial charge in [0.15, 0.2) is 0 Å². The van der Waals surface area contributed by atoms with Crippen LogP contribution in [0.15, 0.2) is 83.2 Å². The van der Waals surface area contributed by atoms with Gasteiger partial charge in [-0.2, -0.15) is 0 Å². The molecule has 3 heterocycles. The lowest BCUT2D eigenvalue weighted by Gasteiger charge is -2.05. The average Bonchev–Trinajstić information content (AvgIpc) is 3.40. The maximum absolute atomic E-state index is 12.5. The molecule has 3 aromatic heterocycles. The number of fused-ring (bicyclic) bond motifs is 1. The number of para-hydroxylation sites is 1. The Labute approximate surface area is 159 Å². The summed E-state index contributed by atoms with van der Waals surface area (Å²) in [6, 6.07) is 19.9. The summed E-state index contributed by atoms with van der Waals surface area (Å²) < 4.78 is 0. The largest absolute Gasteiger partial charge is 0.367 e. The molecule has 4 nitrogen and oxygen atoms in total. The number of hydrogen-bond donors (Lipinski definition) is 2. The Balaban J connectivity index is 1.63. The number of aromatic nitrogens is 3. The van der Waals surface area contributed by atoms with E-state index in [1.807, 2.05) is 66.3 Å². The molecular weight excluding hydrogens is 354 g/mol. The van der Waals surface area contributed by atoms with Crippen LogP contribution in [0.2, 0.25) is 0 Å². The number of rotatable bonds is 3. The van der Waals surface area contributed by atoms with Crippen LogP contribution in [0.25, 0.3) is 43.9 Å². The summed E-state index contributed by atoms with van der Waals surface area (Å²) in [5, 5.41) is 3.84. The second kappa shape index (κ2) is 6.37. The van der Waals surface area contributed by atoms with Gasteiger partial charge in [0.1, 0.15) is 5.01 Å². The molecule has 5 aromatic rings. The monoisotopic (exact) mass is 369 g/mol. The number of thiazole rings is 1. The van der Waals surface area contributed by atoms with Gasteiger partial charge in [-0.15, -0.1) is 11.3 Å². The molecule has 2 aromatic carbocycles. The van der Waals surface area contributed by atoms with Crippen molar-refractivity contribution in [2.45, 2.75) is 0 Å². The zero-order chi connectivity index (χ0) is 18.2. The Bertz CT molecular complexity index is 1300. The Morgan fingerprint density at radius 2 is 1.70 bits per heavy atom. The standard InChI is InChI=1S/C22H15N3OS/c26-21-18(11-14-5-1-4-8-19(14)24-21)20-13-27-22(25-20)17-7-3-2-6-16(17)15-9-10-23-12-15/h1-13,23H,(H,24,26). The van der Waals surface area contributed by atoms with Gasteiger partial charge in [0.05, 0.1) is 11.3 Å². The fraction of sp³-hybridized carbons (Fsp3) is 0. The highest BCUT2D eigenvalue weighted by Crippen LogP contribution is 2.35. The SMILES string of the molecule is O=c1[nH]c2ccccc2cc1-c1csc(-c2ccccc2-c2cc[nH]c2)n1. The summed E-state index contributed by atoms with van der Waals surface area (Å²) in [5.41, 5.74) is 5.30. The van der Waals surface area contributed by atoms with E-state index in [1.165, 1.54) is 0 Å². The normalized spacial score (nSPS) is 11.1. The predicted octanol–water partition coefficient (Wildman–Crippen LogP) is 5.31. The van der Waals surface area contributed by atoms with Crippen molar-refractivity contribution in [1.29, 1.82) is 0 Å². The molecule has 5 heteroatoms. The highest BCUT2D eigenvalue weighted by atomic mass is 32.1. The van der Waals surface area contributed by atoms with Crippen LogP contribution >= 0.6 is 11.3 Å². The summed E-state index contributed by atoms with van der Waals surface area (Å²) in [4.78, 5) is 23.4. The molecule has 0 saturated carbocycles. The van der Waals surface area contributed by atoms with Crippen molar-refractivity contribution in [3.05, 3.63) is 88.8 Å². The molecule has 0 atom stereocenters. The smallest absolute Gasteiger partial charge is 0.257 e. The van der Waals surface area contributed by atoms with Gasteiger partial charge in [0.25, 0.3) is 5.56 Å². The summed E-state index contributed by atoms with van der Waals surface area (Å²) in [5.74, 6) is 0. The third-order valence-electron chi connectivity index (χ3n) is 4.60. The number of H-pyrrole nitrogens is 2. The molecule has 0 aliphatic heterocycles. The molecule has 0 bridgehead atoms. The Kier molecular flexibility index (Phi) is 3.73. The summed E-state index contributed by atoms with van der Waals surface area (Å²) in [7, 11) is 0. The minimum Gasteiger partial charge on any atom is -0.367 e. The van der Waals surface area contributed by atoms with E-state index in [-0.39, 0.29) is 5.56 Å². The number of hydrogen-bond acceptors (Lipinski definition) is 3. The fourth-order valence-corrected chi connectivity index (χ4v) is 4.13. The highest BCUT2D eigenvalue weighted by Gasteiger charge is 2.14. The predicted molar refractivity (Wildman–Crippen MR) is 111 cm³/mol. The molecule has 0 saturated heterocycles. The van der Waals surface area contributed by atoms with Gasteiger partial charge in [-0.1, -0.05) is 42.5 Å². The maximum atomic E-state index is 12.5. The van der Waals surface area contributed by atoms with Crippen LogP contribution in [0.1, 0.15) is 0 Å². The summed E-state index contributed by atoms with van der Waals surface area (Å²) in [6.45, 7) is 0. The molecule has 0 amide bonds. The van der Waals surface area contributed by atoms with Crippen molar-refractivity contribution >= 4 is 22.2 Å². The first kappa shape index (κ1) is 15.8. The van der Waals surface area contributed by atoms with E-state index in [0.29, 0.717) is 11.3 Å². The molecular formula is C22H15N3OS. The first-order chi connectivity index (χ1) is 13.3. The maximum Gasteiger partial charge on any atom is 0.257 e. The van der Waals surface area contributed by atoms with Gasteiger partial charge < -0.3 is 9.97 Å². The van der Waals surface area contributed by atoms with Crippen LogP contribution in [0, 0.1) is 0 Å². The second-order valence-corrected chi connectivity index (χ2v) is 7.14. The van der Waals surface area contributed by atoms with Gasteiger partial charge in [-0.05, 0) is 34.7 Å². The van der Waals surface area contributed by atoms with E-state index in [1.54, 1.807) is 11.3 Å².